The van der Waals surface area contributed by atoms with E-state index in [-0.39, 0.29) is 5.91 Å². The molecule has 3 aromatic rings. The van der Waals surface area contributed by atoms with Gasteiger partial charge in [0.05, 0.1) is 0 Å². The van der Waals surface area contributed by atoms with E-state index < -0.39 is 0 Å². The van der Waals surface area contributed by atoms with Crippen molar-refractivity contribution in [2.24, 2.45) is 0 Å². The standard InChI is InChI=1S/C20H20N4O/c1-3-24(17-7-5-4-6-8-17)20(25)18-13-19(22-14-21-18)23-16-11-9-15(2)10-12-16/h4-14H,3H2,1-2H3,(H,21,22,23). The van der Waals surface area contributed by atoms with Gasteiger partial charge in [-0.15, -0.1) is 0 Å². The Hall–Kier alpha value is -3.21. The Morgan fingerprint density at radius 3 is 2.44 bits per heavy atom. The average Bonchev–Trinajstić information content (AvgIpc) is 2.65. The Labute approximate surface area is 147 Å². The summed E-state index contributed by atoms with van der Waals surface area (Å²) in [6, 6.07) is 19.2. The Morgan fingerprint density at radius 2 is 1.76 bits per heavy atom. The van der Waals surface area contributed by atoms with E-state index in [1.54, 1.807) is 11.0 Å². The van der Waals surface area contributed by atoms with Crippen LogP contribution in [0.2, 0.25) is 0 Å². The fourth-order valence-corrected chi connectivity index (χ4v) is 2.52. The van der Waals surface area contributed by atoms with Gasteiger partial charge < -0.3 is 10.2 Å². The molecule has 0 aliphatic heterocycles. The predicted octanol–water partition coefficient (Wildman–Crippen LogP) is 4.20. The summed E-state index contributed by atoms with van der Waals surface area (Å²) < 4.78 is 0. The molecule has 0 radical (unpaired) electrons. The summed E-state index contributed by atoms with van der Waals surface area (Å²) in [4.78, 5) is 22.9. The number of benzene rings is 2. The van der Waals surface area contributed by atoms with Crippen LogP contribution in [-0.2, 0) is 0 Å². The quantitative estimate of drug-likeness (QED) is 0.761. The third-order valence-electron chi connectivity index (χ3n) is 3.84. The molecule has 126 valence electrons. The molecule has 1 amide bonds. The normalized spacial score (nSPS) is 10.3. The molecule has 1 aromatic heterocycles. The fraction of sp³-hybridized carbons (Fsp3) is 0.150. The van der Waals surface area contributed by atoms with E-state index in [4.69, 9.17) is 0 Å². The molecule has 25 heavy (non-hydrogen) atoms. The molecular weight excluding hydrogens is 312 g/mol. The average molecular weight is 332 g/mol. The molecule has 0 aliphatic rings. The molecule has 0 unspecified atom stereocenters. The number of para-hydroxylation sites is 1. The van der Waals surface area contributed by atoms with Gasteiger partial charge in [-0.1, -0.05) is 35.9 Å². The van der Waals surface area contributed by atoms with Crippen molar-refractivity contribution < 1.29 is 4.79 Å². The lowest BCUT2D eigenvalue weighted by Gasteiger charge is -2.20. The first kappa shape index (κ1) is 16.6. The zero-order valence-electron chi connectivity index (χ0n) is 14.3. The lowest BCUT2D eigenvalue weighted by Crippen LogP contribution is -2.31. The number of rotatable bonds is 5. The van der Waals surface area contributed by atoms with E-state index in [1.807, 2.05) is 68.4 Å². The summed E-state index contributed by atoms with van der Waals surface area (Å²) in [6.07, 6.45) is 1.41. The highest BCUT2D eigenvalue weighted by molar-refractivity contribution is 6.05. The number of aromatic nitrogens is 2. The highest BCUT2D eigenvalue weighted by atomic mass is 16.2. The SMILES string of the molecule is CCN(C(=O)c1cc(Nc2ccc(C)cc2)ncn1)c1ccccc1. The molecule has 0 saturated heterocycles. The van der Waals surface area contributed by atoms with Gasteiger partial charge in [0, 0.05) is 24.0 Å². The maximum Gasteiger partial charge on any atom is 0.277 e. The second-order valence-corrected chi connectivity index (χ2v) is 5.66. The Bertz CT molecular complexity index is 847. The van der Waals surface area contributed by atoms with E-state index in [9.17, 15) is 4.79 Å². The van der Waals surface area contributed by atoms with Gasteiger partial charge >= 0.3 is 0 Å². The molecule has 0 bridgehead atoms. The highest BCUT2D eigenvalue weighted by Crippen LogP contribution is 2.18. The Kier molecular flexibility index (Phi) is 5.04. The topological polar surface area (TPSA) is 58.1 Å². The Morgan fingerprint density at radius 1 is 1.04 bits per heavy atom. The van der Waals surface area contributed by atoms with Gasteiger partial charge in [0.1, 0.15) is 17.8 Å². The van der Waals surface area contributed by atoms with Crippen LogP contribution in [0.1, 0.15) is 23.0 Å². The van der Waals surface area contributed by atoms with Crippen LogP contribution in [0.25, 0.3) is 0 Å². The number of nitrogens with one attached hydrogen (secondary N) is 1. The van der Waals surface area contributed by atoms with E-state index in [2.05, 4.69) is 15.3 Å². The summed E-state index contributed by atoms with van der Waals surface area (Å²) in [5, 5.41) is 3.20. The van der Waals surface area contributed by atoms with Crippen molar-refractivity contribution in [1.82, 2.24) is 9.97 Å². The van der Waals surface area contributed by atoms with Crippen molar-refractivity contribution in [2.75, 3.05) is 16.8 Å². The van der Waals surface area contributed by atoms with Crippen molar-refractivity contribution in [3.63, 3.8) is 0 Å². The second-order valence-electron chi connectivity index (χ2n) is 5.66. The van der Waals surface area contributed by atoms with Gasteiger partial charge in [0.25, 0.3) is 5.91 Å². The summed E-state index contributed by atoms with van der Waals surface area (Å²) in [6.45, 7) is 4.54. The molecule has 3 rings (SSSR count). The first-order valence-electron chi connectivity index (χ1n) is 8.20. The number of carbonyl (C=O) groups excluding carboxylic acids is 1. The fourth-order valence-electron chi connectivity index (χ4n) is 2.52. The molecular formula is C20H20N4O. The predicted molar refractivity (Wildman–Crippen MR) is 100 cm³/mol. The molecule has 1 heterocycles. The molecule has 5 nitrogen and oxygen atoms in total. The van der Waals surface area contributed by atoms with Crippen LogP contribution in [0.4, 0.5) is 17.2 Å². The van der Waals surface area contributed by atoms with Gasteiger partial charge in [-0.2, -0.15) is 0 Å². The van der Waals surface area contributed by atoms with Crippen LogP contribution in [0.5, 0.6) is 0 Å². The minimum atomic E-state index is -0.150. The number of nitrogens with zero attached hydrogens (tertiary/aromatic N) is 3. The van der Waals surface area contributed by atoms with Crippen LogP contribution in [-0.4, -0.2) is 22.4 Å². The van der Waals surface area contributed by atoms with Crippen LogP contribution in [0.3, 0.4) is 0 Å². The van der Waals surface area contributed by atoms with Crippen molar-refractivity contribution in [1.29, 1.82) is 0 Å². The van der Waals surface area contributed by atoms with E-state index in [1.165, 1.54) is 11.9 Å². The van der Waals surface area contributed by atoms with Gasteiger partial charge in [-0.25, -0.2) is 9.97 Å². The number of amides is 1. The summed E-state index contributed by atoms with van der Waals surface area (Å²) in [7, 11) is 0. The minimum Gasteiger partial charge on any atom is -0.340 e. The lowest BCUT2D eigenvalue weighted by molar-refractivity contribution is 0.0983. The third-order valence-corrected chi connectivity index (χ3v) is 3.84. The van der Waals surface area contributed by atoms with Crippen molar-refractivity contribution in [3.8, 4) is 0 Å². The lowest BCUT2D eigenvalue weighted by atomic mass is 10.2. The number of aryl methyl sites for hydroxylation is 1. The minimum absolute atomic E-state index is 0.150. The summed E-state index contributed by atoms with van der Waals surface area (Å²) >= 11 is 0. The zero-order valence-corrected chi connectivity index (χ0v) is 14.3. The molecule has 1 N–H and O–H groups in total. The third kappa shape index (κ3) is 4.01. The number of anilines is 3. The maximum atomic E-state index is 12.8. The smallest absolute Gasteiger partial charge is 0.277 e. The van der Waals surface area contributed by atoms with Crippen molar-refractivity contribution >= 4 is 23.1 Å². The molecule has 0 aliphatic carbocycles. The largest absolute Gasteiger partial charge is 0.340 e. The van der Waals surface area contributed by atoms with Gasteiger partial charge in [0.15, 0.2) is 0 Å². The first-order valence-corrected chi connectivity index (χ1v) is 8.20. The molecule has 0 spiro atoms. The zero-order chi connectivity index (χ0) is 17.6. The summed E-state index contributed by atoms with van der Waals surface area (Å²) in [5.74, 6) is 0.439. The van der Waals surface area contributed by atoms with Crippen LogP contribution in [0, 0.1) is 6.92 Å². The van der Waals surface area contributed by atoms with Crippen molar-refractivity contribution in [2.45, 2.75) is 13.8 Å². The van der Waals surface area contributed by atoms with E-state index >= 15 is 0 Å². The molecule has 0 fully saturated rings. The van der Waals surface area contributed by atoms with Gasteiger partial charge in [-0.3, -0.25) is 4.79 Å². The second kappa shape index (κ2) is 7.57. The van der Waals surface area contributed by atoms with Gasteiger partial charge in [0.2, 0.25) is 0 Å². The molecule has 5 heteroatoms. The number of hydrogen-bond donors (Lipinski definition) is 1. The van der Waals surface area contributed by atoms with Gasteiger partial charge in [-0.05, 0) is 38.1 Å². The van der Waals surface area contributed by atoms with Crippen LogP contribution >= 0.6 is 0 Å². The molecule has 2 aromatic carbocycles. The molecule has 0 atom stereocenters. The highest BCUT2D eigenvalue weighted by Gasteiger charge is 2.17. The monoisotopic (exact) mass is 332 g/mol. The summed E-state index contributed by atoms with van der Waals surface area (Å²) in [5.41, 5.74) is 3.31. The van der Waals surface area contributed by atoms with Crippen LogP contribution in [0.15, 0.2) is 67.0 Å². The maximum absolute atomic E-state index is 12.8. The van der Waals surface area contributed by atoms with E-state index in [0.717, 1.165) is 11.4 Å². The van der Waals surface area contributed by atoms with Crippen molar-refractivity contribution in [3.05, 3.63) is 78.2 Å². The number of carbonyl (C=O) groups is 1. The Balaban J connectivity index is 1.82. The van der Waals surface area contributed by atoms with Crippen LogP contribution < -0.4 is 10.2 Å². The molecule has 0 saturated carbocycles. The number of hydrogen-bond acceptors (Lipinski definition) is 4. The van der Waals surface area contributed by atoms with E-state index in [0.29, 0.717) is 18.1 Å². The first-order chi connectivity index (χ1) is 12.2.